The van der Waals surface area contributed by atoms with Crippen LogP contribution in [-0.4, -0.2) is 28.8 Å². The van der Waals surface area contributed by atoms with Gasteiger partial charge in [0.05, 0.1) is 11.0 Å². The molecule has 138 valence electrons. The van der Waals surface area contributed by atoms with Gasteiger partial charge in [0.15, 0.2) is 0 Å². The molecule has 2 rings (SSSR count). The second-order valence-corrected chi connectivity index (χ2v) is 6.75. The molecule has 6 nitrogen and oxygen atoms in total. The van der Waals surface area contributed by atoms with E-state index in [1.54, 1.807) is 19.1 Å². The van der Waals surface area contributed by atoms with E-state index in [9.17, 15) is 14.9 Å². The van der Waals surface area contributed by atoms with Crippen LogP contribution in [0.15, 0.2) is 48.5 Å². The van der Waals surface area contributed by atoms with E-state index < -0.39 is 11.0 Å². The Morgan fingerprint density at radius 1 is 1.12 bits per heavy atom. The second kappa shape index (κ2) is 8.58. The van der Waals surface area contributed by atoms with Gasteiger partial charge in [-0.3, -0.25) is 19.8 Å². The predicted octanol–water partition coefficient (Wildman–Crippen LogP) is 4.18. The highest BCUT2D eigenvalue weighted by molar-refractivity contribution is 5.96. The molecule has 0 aliphatic carbocycles. The van der Waals surface area contributed by atoms with E-state index in [1.807, 2.05) is 11.9 Å². The van der Waals surface area contributed by atoms with Crippen LogP contribution in [0.2, 0.25) is 0 Å². The third-order valence-electron chi connectivity index (χ3n) is 4.48. The van der Waals surface area contributed by atoms with Crippen molar-refractivity contribution in [3.63, 3.8) is 0 Å². The Bertz CT molecular complexity index is 772. The lowest BCUT2D eigenvalue weighted by atomic mass is 10.0. The molecule has 0 radical (unpaired) electrons. The molecule has 0 aliphatic rings. The highest BCUT2D eigenvalue weighted by Crippen LogP contribution is 2.23. The third kappa shape index (κ3) is 4.89. The fourth-order valence-electron chi connectivity index (χ4n) is 2.61. The summed E-state index contributed by atoms with van der Waals surface area (Å²) in [6.07, 6.45) is 0. The molecule has 0 fully saturated rings. The zero-order chi connectivity index (χ0) is 19.3. The number of hydrogen-bond donors (Lipinski definition) is 1. The van der Waals surface area contributed by atoms with Crippen LogP contribution in [0.3, 0.4) is 0 Å². The smallest absolute Gasteiger partial charge is 0.292 e. The number of amides is 1. The van der Waals surface area contributed by atoms with E-state index >= 15 is 0 Å². The first-order valence-corrected chi connectivity index (χ1v) is 8.63. The standard InChI is InChI=1S/C20H25N3O3/c1-14(2)17-11-9-16(10-12-17)13-22(4)15(3)20(24)21-18-7-5-6-8-19(18)23(25)26/h5-12,14-15H,13H2,1-4H3,(H,21,24)/t15-/m1/s1. The summed E-state index contributed by atoms with van der Waals surface area (Å²) in [5, 5.41) is 13.7. The Morgan fingerprint density at radius 3 is 2.31 bits per heavy atom. The van der Waals surface area contributed by atoms with Crippen molar-refractivity contribution in [3.8, 4) is 0 Å². The SMILES string of the molecule is CC(C)c1ccc(CN(C)[C@H](C)C(=O)Nc2ccccc2[N+](=O)[O-])cc1. The number of anilines is 1. The van der Waals surface area contributed by atoms with E-state index in [4.69, 9.17) is 0 Å². The first-order valence-electron chi connectivity index (χ1n) is 8.63. The van der Waals surface area contributed by atoms with Crippen molar-refractivity contribution in [3.05, 3.63) is 69.8 Å². The molecule has 1 N–H and O–H groups in total. The monoisotopic (exact) mass is 355 g/mol. The number of hydrogen-bond acceptors (Lipinski definition) is 4. The molecule has 2 aromatic rings. The van der Waals surface area contributed by atoms with Gasteiger partial charge in [-0.25, -0.2) is 0 Å². The van der Waals surface area contributed by atoms with Gasteiger partial charge in [-0.1, -0.05) is 50.2 Å². The largest absolute Gasteiger partial charge is 0.319 e. The summed E-state index contributed by atoms with van der Waals surface area (Å²) in [4.78, 5) is 25.0. The predicted molar refractivity (Wildman–Crippen MR) is 103 cm³/mol. The second-order valence-electron chi connectivity index (χ2n) is 6.75. The quantitative estimate of drug-likeness (QED) is 0.597. The number of para-hydroxylation sites is 2. The lowest BCUT2D eigenvalue weighted by Crippen LogP contribution is -2.39. The Morgan fingerprint density at radius 2 is 1.73 bits per heavy atom. The molecular formula is C20H25N3O3. The molecule has 0 aliphatic heterocycles. The van der Waals surface area contributed by atoms with Crippen LogP contribution in [0.4, 0.5) is 11.4 Å². The molecule has 0 saturated heterocycles. The van der Waals surface area contributed by atoms with E-state index in [0.29, 0.717) is 12.5 Å². The summed E-state index contributed by atoms with van der Waals surface area (Å²) >= 11 is 0. The normalized spacial score (nSPS) is 12.2. The average molecular weight is 355 g/mol. The van der Waals surface area contributed by atoms with Crippen LogP contribution in [0, 0.1) is 10.1 Å². The maximum absolute atomic E-state index is 12.5. The summed E-state index contributed by atoms with van der Waals surface area (Å²) in [6.45, 7) is 6.70. The number of carbonyl (C=O) groups excluding carboxylic acids is 1. The maximum Gasteiger partial charge on any atom is 0.292 e. The Labute approximate surface area is 154 Å². The van der Waals surface area contributed by atoms with Gasteiger partial charge in [0, 0.05) is 12.6 Å². The number of likely N-dealkylation sites (N-methyl/N-ethyl adjacent to an activating group) is 1. The van der Waals surface area contributed by atoms with Crippen LogP contribution in [0.25, 0.3) is 0 Å². The number of rotatable bonds is 7. The molecule has 6 heteroatoms. The van der Waals surface area contributed by atoms with Gasteiger partial charge >= 0.3 is 0 Å². The van der Waals surface area contributed by atoms with Crippen molar-refractivity contribution in [2.45, 2.75) is 39.3 Å². The van der Waals surface area contributed by atoms with E-state index in [0.717, 1.165) is 5.56 Å². The molecule has 0 aromatic heterocycles. The van der Waals surface area contributed by atoms with Crippen molar-refractivity contribution in [1.29, 1.82) is 0 Å². The number of nitrogens with zero attached hydrogens (tertiary/aromatic N) is 2. The zero-order valence-electron chi connectivity index (χ0n) is 15.6. The van der Waals surface area contributed by atoms with Gasteiger partial charge in [0.1, 0.15) is 5.69 Å². The minimum atomic E-state index is -0.500. The molecule has 0 saturated carbocycles. The van der Waals surface area contributed by atoms with Crippen LogP contribution >= 0.6 is 0 Å². The van der Waals surface area contributed by atoms with E-state index in [-0.39, 0.29) is 17.3 Å². The number of carbonyl (C=O) groups is 1. The Hall–Kier alpha value is -2.73. The first kappa shape index (κ1) is 19.6. The molecule has 2 aromatic carbocycles. The molecule has 1 amide bonds. The van der Waals surface area contributed by atoms with Gasteiger partial charge in [-0.05, 0) is 37.1 Å². The van der Waals surface area contributed by atoms with Crippen molar-refractivity contribution in [2.75, 3.05) is 12.4 Å². The van der Waals surface area contributed by atoms with Crippen molar-refractivity contribution in [2.24, 2.45) is 0 Å². The van der Waals surface area contributed by atoms with E-state index in [1.165, 1.54) is 17.7 Å². The number of nitro benzene ring substituents is 1. The summed E-state index contributed by atoms with van der Waals surface area (Å²) in [7, 11) is 1.86. The number of nitrogens with one attached hydrogen (secondary N) is 1. The first-order chi connectivity index (χ1) is 12.3. The minimum absolute atomic E-state index is 0.111. The topological polar surface area (TPSA) is 75.5 Å². The molecule has 0 bridgehead atoms. The molecule has 0 heterocycles. The lowest BCUT2D eigenvalue weighted by Gasteiger charge is -2.24. The highest BCUT2D eigenvalue weighted by Gasteiger charge is 2.21. The van der Waals surface area contributed by atoms with Crippen molar-refractivity contribution >= 4 is 17.3 Å². The van der Waals surface area contributed by atoms with Gasteiger partial charge in [-0.15, -0.1) is 0 Å². The summed E-state index contributed by atoms with van der Waals surface area (Å²) in [5.74, 6) is 0.203. The summed E-state index contributed by atoms with van der Waals surface area (Å²) in [6, 6.07) is 14.1. The summed E-state index contributed by atoms with van der Waals surface area (Å²) in [5.41, 5.74) is 2.49. The fourth-order valence-corrected chi connectivity index (χ4v) is 2.61. The number of benzene rings is 2. The highest BCUT2D eigenvalue weighted by atomic mass is 16.6. The van der Waals surface area contributed by atoms with Crippen LogP contribution in [0.5, 0.6) is 0 Å². The maximum atomic E-state index is 12.5. The van der Waals surface area contributed by atoms with Crippen LogP contribution < -0.4 is 5.32 Å². The molecule has 1 atom stereocenters. The van der Waals surface area contributed by atoms with Crippen LogP contribution in [0.1, 0.15) is 37.8 Å². The molecule has 26 heavy (non-hydrogen) atoms. The average Bonchev–Trinajstić information content (AvgIpc) is 2.61. The summed E-state index contributed by atoms with van der Waals surface area (Å²) < 4.78 is 0. The van der Waals surface area contributed by atoms with Gasteiger partial charge in [-0.2, -0.15) is 0 Å². The Kier molecular flexibility index (Phi) is 6.46. The molecule has 0 spiro atoms. The van der Waals surface area contributed by atoms with Gasteiger partial charge in [0.25, 0.3) is 5.69 Å². The van der Waals surface area contributed by atoms with Gasteiger partial charge < -0.3 is 5.32 Å². The fraction of sp³-hybridized carbons (Fsp3) is 0.350. The Balaban J connectivity index is 2.02. The molecular weight excluding hydrogens is 330 g/mol. The van der Waals surface area contributed by atoms with Crippen LogP contribution in [-0.2, 0) is 11.3 Å². The lowest BCUT2D eigenvalue weighted by molar-refractivity contribution is -0.383. The third-order valence-corrected chi connectivity index (χ3v) is 4.48. The van der Waals surface area contributed by atoms with Crippen molar-refractivity contribution < 1.29 is 9.72 Å². The van der Waals surface area contributed by atoms with E-state index in [2.05, 4.69) is 43.4 Å². The molecule has 0 unspecified atom stereocenters. The zero-order valence-corrected chi connectivity index (χ0v) is 15.6. The number of nitro groups is 1. The van der Waals surface area contributed by atoms with Crippen molar-refractivity contribution in [1.82, 2.24) is 4.90 Å². The minimum Gasteiger partial charge on any atom is -0.319 e. The van der Waals surface area contributed by atoms with Gasteiger partial charge in [0.2, 0.25) is 5.91 Å².